The number of para-hydroxylation sites is 2. The van der Waals surface area contributed by atoms with Crippen LogP contribution in [0.15, 0.2) is 58.5 Å². The van der Waals surface area contributed by atoms with Crippen molar-refractivity contribution in [2.45, 2.75) is 13.1 Å². The molecule has 0 unspecified atom stereocenters. The molecule has 0 radical (unpaired) electrons. The molecule has 0 aliphatic carbocycles. The maximum atomic E-state index is 9.73. The second kappa shape index (κ2) is 7.95. The molecule has 0 bridgehead atoms. The number of nitrogens with two attached hydrogens (primary N) is 2. The summed E-state index contributed by atoms with van der Waals surface area (Å²) in [5, 5.41) is 19.4. The lowest BCUT2D eigenvalue weighted by molar-refractivity contribution is 0.468. The number of amidine groups is 1. The van der Waals surface area contributed by atoms with Gasteiger partial charge in [0.15, 0.2) is 0 Å². The van der Waals surface area contributed by atoms with E-state index in [1.807, 2.05) is 12.1 Å². The van der Waals surface area contributed by atoms with Crippen molar-refractivity contribution >= 4 is 11.5 Å². The van der Waals surface area contributed by atoms with Gasteiger partial charge < -0.3 is 21.7 Å². The molecule has 0 atom stereocenters. The monoisotopic (exact) mass is 312 g/mol. The van der Waals surface area contributed by atoms with Gasteiger partial charge in [0.1, 0.15) is 17.3 Å². The van der Waals surface area contributed by atoms with Crippen molar-refractivity contribution < 1.29 is 10.2 Å². The van der Waals surface area contributed by atoms with Crippen LogP contribution in [0.4, 0.5) is 0 Å². The molecule has 0 saturated heterocycles. The van der Waals surface area contributed by atoms with Gasteiger partial charge in [-0.25, -0.2) is 0 Å². The Balaban J connectivity index is 2.10. The predicted octanol–water partition coefficient (Wildman–Crippen LogP) is 1.55. The van der Waals surface area contributed by atoms with Crippen molar-refractivity contribution in [3.8, 4) is 11.5 Å². The van der Waals surface area contributed by atoms with Crippen molar-refractivity contribution in [2.24, 2.45) is 21.5 Å². The zero-order valence-corrected chi connectivity index (χ0v) is 12.7. The highest BCUT2D eigenvalue weighted by Gasteiger charge is 2.05. The molecule has 6 N–H and O–H groups in total. The molecular weight excluding hydrogens is 292 g/mol. The molecule has 120 valence electrons. The molecule has 0 fully saturated rings. The van der Waals surface area contributed by atoms with Gasteiger partial charge in [0, 0.05) is 17.7 Å². The number of phenolic OH excluding ortho intramolecular Hbond substituents is 2. The normalized spacial score (nSPS) is 12.4. The van der Waals surface area contributed by atoms with Gasteiger partial charge in [0.2, 0.25) is 0 Å². The van der Waals surface area contributed by atoms with Crippen molar-refractivity contribution in [1.82, 2.24) is 0 Å². The number of aromatic hydroxyl groups is 2. The summed E-state index contributed by atoms with van der Waals surface area (Å²) in [6.07, 6.45) is 0. The Morgan fingerprint density at radius 1 is 0.826 bits per heavy atom. The van der Waals surface area contributed by atoms with Gasteiger partial charge >= 0.3 is 0 Å². The van der Waals surface area contributed by atoms with Crippen LogP contribution < -0.4 is 11.5 Å². The smallest absolute Gasteiger partial charge is 0.141 e. The molecule has 0 saturated carbocycles. The minimum atomic E-state index is 0.143. The quantitative estimate of drug-likeness (QED) is 0.478. The number of nitrogens with zero attached hydrogens (tertiary/aromatic N) is 2. The number of hydrogen-bond acceptors (Lipinski definition) is 5. The second-order valence-corrected chi connectivity index (χ2v) is 4.93. The molecule has 2 aromatic carbocycles. The Labute approximate surface area is 134 Å². The standard InChI is InChI=1S/C17H20N4O2/c18-9-14(20-10-12-5-1-3-7-15(12)22)17(19)21-11-13-6-2-4-8-16(13)23/h1-8,22-23H,9-11,18H2,(H2,19,21). The SMILES string of the molecule is NCC(=NCc1ccccc1O)C(N)=NCc1ccccc1O. The Morgan fingerprint density at radius 3 is 1.78 bits per heavy atom. The lowest BCUT2D eigenvalue weighted by Crippen LogP contribution is -2.31. The third kappa shape index (κ3) is 4.55. The van der Waals surface area contributed by atoms with Crippen molar-refractivity contribution in [3.05, 3.63) is 59.7 Å². The van der Waals surface area contributed by atoms with Crippen LogP contribution in [0.5, 0.6) is 11.5 Å². The number of phenols is 2. The van der Waals surface area contributed by atoms with E-state index in [4.69, 9.17) is 11.5 Å². The maximum Gasteiger partial charge on any atom is 0.141 e. The number of aliphatic imine (C=N–C) groups is 2. The zero-order valence-electron chi connectivity index (χ0n) is 12.7. The van der Waals surface area contributed by atoms with Crippen LogP contribution in [0.1, 0.15) is 11.1 Å². The minimum absolute atomic E-state index is 0.143. The van der Waals surface area contributed by atoms with E-state index in [1.165, 1.54) is 0 Å². The van der Waals surface area contributed by atoms with Gasteiger partial charge in [-0.05, 0) is 12.1 Å². The Morgan fingerprint density at radius 2 is 1.30 bits per heavy atom. The van der Waals surface area contributed by atoms with Gasteiger partial charge in [-0.3, -0.25) is 9.98 Å². The minimum Gasteiger partial charge on any atom is -0.508 e. The van der Waals surface area contributed by atoms with Crippen LogP contribution in [-0.2, 0) is 13.1 Å². The van der Waals surface area contributed by atoms with E-state index in [1.54, 1.807) is 36.4 Å². The van der Waals surface area contributed by atoms with Crippen molar-refractivity contribution in [2.75, 3.05) is 6.54 Å². The van der Waals surface area contributed by atoms with Crippen LogP contribution in [-0.4, -0.2) is 28.3 Å². The third-order valence-corrected chi connectivity index (χ3v) is 3.33. The highest BCUT2D eigenvalue weighted by atomic mass is 16.3. The van der Waals surface area contributed by atoms with Gasteiger partial charge in [-0.1, -0.05) is 36.4 Å². The molecule has 6 nitrogen and oxygen atoms in total. The fourth-order valence-corrected chi connectivity index (χ4v) is 1.98. The van der Waals surface area contributed by atoms with Crippen molar-refractivity contribution in [3.63, 3.8) is 0 Å². The molecule has 0 amide bonds. The van der Waals surface area contributed by atoms with Crippen LogP contribution >= 0.6 is 0 Å². The molecule has 0 heterocycles. The first-order valence-corrected chi connectivity index (χ1v) is 7.19. The Hall–Kier alpha value is -2.86. The van der Waals surface area contributed by atoms with E-state index in [2.05, 4.69) is 9.98 Å². The first kappa shape index (κ1) is 16.5. The average molecular weight is 312 g/mol. The summed E-state index contributed by atoms with van der Waals surface area (Å²) < 4.78 is 0. The number of hydrogen-bond donors (Lipinski definition) is 4. The number of rotatable bonds is 6. The van der Waals surface area contributed by atoms with E-state index in [0.29, 0.717) is 16.8 Å². The highest BCUT2D eigenvalue weighted by molar-refractivity contribution is 6.41. The number of benzene rings is 2. The third-order valence-electron chi connectivity index (χ3n) is 3.33. The van der Waals surface area contributed by atoms with E-state index < -0.39 is 0 Å². The first-order valence-electron chi connectivity index (χ1n) is 7.19. The lowest BCUT2D eigenvalue weighted by atomic mass is 10.2. The predicted molar refractivity (Wildman–Crippen MR) is 91.7 cm³/mol. The van der Waals surface area contributed by atoms with Crippen LogP contribution in [0.3, 0.4) is 0 Å². The molecule has 23 heavy (non-hydrogen) atoms. The largest absolute Gasteiger partial charge is 0.508 e. The zero-order chi connectivity index (χ0) is 16.7. The molecule has 0 spiro atoms. The van der Waals surface area contributed by atoms with Crippen LogP contribution in [0.2, 0.25) is 0 Å². The summed E-state index contributed by atoms with van der Waals surface area (Å²) in [6, 6.07) is 13.9. The molecule has 2 aromatic rings. The van der Waals surface area contributed by atoms with Gasteiger partial charge in [0.05, 0.1) is 18.8 Å². The topological polar surface area (TPSA) is 117 Å². The van der Waals surface area contributed by atoms with Crippen LogP contribution in [0, 0.1) is 0 Å². The molecule has 0 aromatic heterocycles. The summed E-state index contributed by atoms with van der Waals surface area (Å²) in [6.45, 7) is 0.657. The molecular formula is C17H20N4O2. The van der Waals surface area contributed by atoms with E-state index in [0.717, 1.165) is 0 Å². The van der Waals surface area contributed by atoms with E-state index in [-0.39, 0.29) is 37.0 Å². The fourth-order valence-electron chi connectivity index (χ4n) is 1.98. The average Bonchev–Trinajstić information content (AvgIpc) is 2.56. The van der Waals surface area contributed by atoms with E-state index in [9.17, 15) is 10.2 Å². The maximum absolute atomic E-state index is 9.73. The summed E-state index contributed by atoms with van der Waals surface area (Å²) in [7, 11) is 0. The van der Waals surface area contributed by atoms with E-state index >= 15 is 0 Å². The molecule has 0 aliphatic rings. The summed E-state index contributed by atoms with van der Waals surface area (Å²) in [5.41, 5.74) is 13.4. The fraction of sp³-hybridized carbons (Fsp3) is 0.176. The summed E-state index contributed by atoms with van der Waals surface area (Å²) in [5.74, 6) is 0.577. The van der Waals surface area contributed by atoms with Crippen LogP contribution in [0.25, 0.3) is 0 Å². The molecule has 0 aliphatic heterocycles. The first-order chi connectivity index (χ1) is 11.1. The Bertz CT molecular complexity index is 726. The second-order valence-electron chi connectivity index (χ2n) is 4.93. The highest BCUT2D eigenvalue weighted by Crippen LogP contribution is 2.17. The Kier molecular flexibility index (Phi) is 5.71. The summed E-state index contributed by atoms with van der Waals surface area (Å²) in [4.78, 5) is 8.54. The van der Waals surface area contributed by atoms with Crippen molar-refractivity contribution in [1.29, 1.82) is 0 Å². The lowest BCUT2D eigenvalue weighted by Gasteiger charge is -2.06. The molecule has 6 heteroatoms. The van der Waals surface area contributed by atoms with Gasteiger partial charge in [-0.15, -0.1) is 0 Å². The summed E-state index contributed by atoms with van der Waals surface area (Å²) >= 11 is 0. The van der Waals surface area contributed by atoms with Gasteiger partial charge in [-0.2, -0.15) is 0 Å². The molecule has 2 rings (SSSR count). The van der Waals surface area contributed by atoms with Gasteiger partial charge in [0.25, 0.3) is 0 Å².